The zero-order valence-corrected chi connectivity index (χ0v) is 12.4. The first-order valence-electron chi connectivity index (χ1n) is 7.10. The van der Waals surface area contributed by atoms with Crippen molar-refractivity contribution in [2.75, 3.05) is 0 Å². The molecular weight excluding hydrogens is 287 g/mol. The molecule has 0 aromatic heterocycles. The van der Waals surface area contributed by atoms with Gasteiger partial charge >= 0.3 is 12.3 Å². The van der Waals surface area contributed by atoms with Crippen molar-refractivity contribution in [3.05, 3.63) is 0 Å². The minimum atomic E-state index is -4.79. The molecule has 21 heavy (non-hydrogen) atoms. The van der Waals surface area contributed by atoms with Crippen LogP contribution in [0.25, 0.3) is 0 Å². The second kappa shape index (κ2) is 5.18. The number of halogens is 3. The van der Waals surface area contributed by atoms with Gasteiger partial charge in [0.25, 0.3) is 0 Å². The third kappa shape index (κ3) is 3.49. The number of rotatable bonds is 2. The van der Waals surface area contributed by atoms with Crippen molar-refractivity contribution in [3.63, 3.8) is 0 Å². The van der Waals surface area contributed by atoms with Gasteiger partial charge in [0.1, 0.15) is 5.60 Å². The summed E-state index contributed by atoms with van der Waals surface area (Å²) < 4.78 is 42.4. The van der Waals surface area contributed by atoms with Gasteiger partial charge in [-0.1, -0.05) is 0 Å². The van der Waals surface area contributed by atoms with E-state index in [1.807, 2.05) is 0 Å². The second-order valence-corrected chi connectivity index (χ2v) is 6.81. The Bertz CT molecular complexity index is 442. The second-order valence-electron chi connectivity index (χ2n) is 6.81. The molecule has 2 rings (SSSR count). The maximum absolute atomic E-state index is 12.4. The largest absolute Gasteiger partial charge is 0.449 e. The SMILES string of the molecule is CC(C)(C)OC(=O)N1C2CCC1C(CC(=O)C(F)(F)F)C2. The van der Waals surface area contributed by atoms with Crippen molar-refractivity contribution in [1.29, 1.82) is 0 Å². The van der Waals surface area contributed by atoms with Gasteiger partial charge in [-0.15, -0.1) is 0 Å². The molecule has 120 valence electrons. The van der Waals surface area contributed by atoms with Crippen molar-refractivity contribution in [3.8, 4) is 0 Å². The molecule has 7 heteroatoms. The number of ether oxygens (including phenoxy) is 1. The number of amides is 1. The van der Waals surface area contributed by atoms with Crippen molar-refractivity contribution in [2.45, 2.75) is 70.3 Å². The van der Waals surface area contributed by atoms with E-state index in [0.717, 1.165) is 6.42 Å². The minimum absolute atomic E-state index is 0.101. The van der Waals surface area contributed by atoms with Crippen LogP contribution in [-0.2, 0) is 9.53 Å². The number of ketones is 1. The molecule has 2 bridgehead atoms. The lowest BCUT2D eigenvalue weighted by Gasteiger charge is -2.28. The van der Waals surface area contributed by atoms with Gasteiger partial charge in [-0.05, 0) is 46.0 Å². The van der Waals surface area contributed by atoms with Crippen LogP contribution in [0, 0.1) is 5.92 Å². The lowest BCUT2D eigenvalue weighted by Crippen LogP contribution is -2.41. The highest BCUT2D eigenvalue weighted by molar-refractivity contribution is 5.84. The van der Waals surface area contributed by atoms with E-state index in [4.69, 9.17) is 4.74 Å². The summed E-state index contributed by atoms with van der Waals surface area (Å²) in [6.07, 6.45) is -3.97. The van der Waals surface area contributed by atoms with Crippen LogP contribution in [-0.4, -0.2) is 40.6 Å². The summed E-state index contributed by atoms with van der Waals surface area (Å²) in [7, 11) is 0. The molecule has 2 fully saturated rings. The van der Waals surface area contributed by atoms with Crippen LogP contribution >= 0.6 is 0 Å². The normalized spacial score (nSPS) is 28.9. The molecule has 3 unspecified atom stereocenters. The standard InChI is InChI=1S/C14H20F3NO3/c1-13(2,3)21-12(20)18-9-4-5-10(18)8(6-9)7-11(19)14(15,16)17/h8-10H,4-7H2,1-3H3. The monoisotopic (exact) mass is 307 g/mol. The molecule has 3 atom stereocenters. The Kier molecular flexibility index (Phi) is 3.97. The molecule has 0 spiro atoms. The quantitative estimate of drug-likeness (QED) is 0.786. The van der Waals surface area contributed by atoms with Gasteiger partial charge < -0.3 is 9.64 Å². The Morgan fingerprint density at radius 1 is 1.19 bits per heavy atom. The molecule has 0 N–H and O–H groups in total. The Labute approximate surface area is 121 Å². The summed E-state index contributed by atoms with van der Waals surface area (Å²) in [5, 5.41) is 0. The zero-order valence-electron chi connectivity index (χ0n) is 12.4. The maximum atomic E-state index is 12.4. The van der Waals surface area contributed by atoms with Gasteiger partial charge in [0, 0.05) is 18.5 Å². The molecule has 0 aromatic carbocycles. The first kappa shape index (κ1) is 16.1. The fourth-order valence-electron chi connectivity index (χ4n) is 3.29. The van der Waals surface area contributed by atoms with Gasteiger partial charge in [-0.2, -0.15) is 13.2 Å². The zero-order chi connectivity index (χ0) is 16.0. The molecular formula is C14H20F3NO3. The number of hydrogen-bond donors (Lipinski definition) is 0. The van der Waals surface area contributed by atoms with Gasteiger partial charge in [0.2, 0.25) is 5.78 Å². The average molecular weight is 307 g/mol. The van der Waals surface area contributed by atoms with Crippen molar-refractivity contribution < 1.29 is 27.5 Å². The van der Waals surface area contributed by atoms with E-state index in [2.05, 4.69) is 0 Å². The predicted octanol–water partition coefficient (Wildman–Crippen LogP) is 3.30. The number of carbonyl (C=O) groups is 2. The molecule has 2 heterocycles. The summed E-state index contributed by atoms with van der Waals surface area (Å²) in [5.41, 5.74) is -0.642. The van der Waals surface area contributed by atoms with Gasteiger partial charge in [-0.3, -0.25) is 4.79 Å². The van der Waals surface area contributed by atoms with Crippen molar-refractivity contribution in [1.82, 2.24) is 4.90 Å². The summed E-state index contributed by atoms with van der Waals surface area (Å²) in [4.78, 5) is 24.8. The van der Waals surface area contributed by atoms with E-state index in [1.165, 1.54) is 0 Å². The fraction of sp³-hybridized carbons (Fsp3) is 0.857. The number of carbonyl (C=O) groups excluding carboxylic acids is 2. The highest BCUT2D eigenvalue weighted by atomic mass is 19.4. The first-order valence-corrected chi connectivity index (χ1v) is 7.10. The van der Waals surface area contributed by atoms with E-state index in [-0.39, 0.29) is 12.1 Å². The Morgan fingerprint density at radius 3 is 2.33 bits per heavy atom. The molecule has 0 radical (unpaired) electrons. The maximum Gasteiger partial charge on any atom is 0.449 e. The molecule has 4 nitrogen and oxygen atoms in total. The fourth-order valence-corrected chi connectivity index (χ4v) is 3.29. The smallest absolute Gasteiger partial charge is 0.444 e. The highest BCUT2D eigenvalue weighted by Crippen LogP contribution is 2.44. The summed E-state index contributed by atoms with van der Waals surface area (Å²) in [6.45, 7) is 5.23. The highest BCUT2D eigenvalue weighted by Gasteiger charge is 2.52. The van der Waals surface area contributed by atoms with Gasteiger partial charge in [0.05, 0.1) is 0 Å². The third-order valence-electron chi connectivity index (χ3n) is 4.03. The lowest BCUT2D eigenvalue weighted by atomic mass is 9.85. The third-order valence-corrected chi connectivity index (χ3v) is 4.03. The number of Topliss-reactive ketones (excluding diaryl/α,β-unsaturated/α-hetero) is 1. The van der Waals surface area contributed by atoms with E-state index in [1.54, 1.807) is 25.7 Å². The van der Waals surface area contributed by atoms with Gasteiger partial charge in [0.15, 0.2) is 0 Å². The summed E-state index contributed by atoms with van der Waals surface area (Å²) in [5.74, 6) is -2.12. The van der Waals surface area contributed by atoms with Crippen LogP contribution in [0.15, 0.2) is 0 Å². The minimum Gasteiger partial charge on any atom is -0.444 e. The Morgan fingerprint density at radius 2 is 1.81 bits per heavy atom. The molecule has 2 aliphatic heterocycles. The molecule has 2 saturated heterocycles. The van der Waals surface area contributed by atoms with Crippen molar-refractivity contribution >= 4 is 11.9 Å². The van der Waals surface area contributed by atoms with Crippen LogP contribution in [0.2, 0.25) is 0 Å². The van der Waals surface area contributed by atoms with Crippen LogP contribution in [0.1, 0.15) is 46.5 Å². The number of nitrogens with zero attached hydrogens (tertiary/aromatic N) is 1. The molecule has 0 saturated carbocycles. The van der Waals surface area contributed by atoms with Crippen LogP contribution in [0.3, 0.4) is 0 Å². The van der Waals surface area contributed by atoms with E-state index < -0.39 is 36.0 Å². The number of hydrogen-bond acceptors (Lipinski definition) is 3. The molecule has 1 amide bonds. The average Bonchev–Trinajstić information content (AvgIpc) is 2.82. The molecule has 2 aliphatic rings. The van der Waals surface area contributed by atoms with Gasteiger partial charge in [-0.25, -0.2) is 4.79 Å². The van der Waals surface area contributed by atoms with E-state index >= 15 is 0 Å². The molecule has 0 aliphatic carbocycles. The Balaban J connectivity index is 2.02. The summed E-state index contributed by atoms with van der Waals surface area (Å²) in [6, 6.07) is -0.410. The topological polar surface area (TPSA) is 46.6 Å². The number of fused-ring (bicyclic) bond motifs is 2. The van der Waals surface area contributed by atoms with Crippen LogP contribution in [0.5, 0.6) is 0 Å². The van der Waals surface area contributed by atoms with Crippen LogP contribution < -0.4 is 0 Å². The lowest BCUT2D eigenvalue weighted by molar-refractivity contribution is -0.172. The van der Waals surface area contributed by atoms with E-state index in [0.29, 0.717) is 12.8 Å². The van der Waals surface area contributed by atoms with Crippen molar-refractivity contribution in [2.24, 2.45) is 5.92 Å². The Hall–Kier alpha value is -1.27. The molecule has 0 aromatic rings. The van der Waals surface area contributed by atoms with Crippen LogP contribution in [0.4, 0.5) is 18.0 Å². The summed E-state index contributed by atoms with van der Waals surface area (Å²) >= 11 is 0. The van der Waals surface area contributed by atoms with E-state index in [9.17, 15) is 22.8 Å². The number of alkyl halides is 3. The first-order chi connectivity index (χ1) is 9.49. The predicted molar refractivity (Wildman–Crippen MR) is 68.7 cm³/mol.